The number of nitrogens with one attached hydrogen (secondary N) is 1. The third-order valence-corrected chi connectivity index (χ3v) is 7.11. The summed E-state index contributed by atoms with van der Waals surface area (Å²) in [5, 5.41) is 4.39. The van der Waals surface area contributed by atoms with E-state index in [1.165, 1.54) is 22.0 Å². The van der Waals surface area contributed by atoms with Gasteiger partial charge in [0.15, 0.2) is 5.16 Å². The molecule has 158 valence electrons. The van der Waals surface area contributed by atoms with Crippen LogP contribution in [0, 0.1) is 20.8 Å². The molecule has 0 bridgehead atoms. The van der Waals surface area contributed by atoms with E-state index in [1.54, 1.807) is 11.3 Å². The van der Waals surface area contributed by atoms with Crippen molar-refractivity contribution >= 4 is 44.9 Å². The van der Waals surface area contributed by atoms with Gasteiger partial charge in [-0.2, -0.15) is 0 Å². The molecule has 0 unspecified atom stereocenters. The van der Waals surface area contributed by atoms with E-state index in [0.717, 1.165) is 33.2 Å². The van der Waals surface area contributed by atoms with Crippen LogP contribution < -0.4 is 5.32 Å². The first-order chi connectivity index (χ1) is 14.9. The van der Waals surface area contributed by atoms with Gasteiger partial charge in [0.1, 0.15) is 5.01 Å². The molecule has 0 aliphatic heterocycles. The van der Waals surface area contributed by atoms with Gasteiger partial charge in [-0.1, -0.05) is 24.8 Å². The Morgan fingerprint density at radius 3 is 2.39 bits per heavy atom. The number of thiazole rings is 1. The lowest BCUT2D eigenvalue weighted by atomic mass is 10.2. The third-order valence-electron chi connectivity index (χ3n) is 4.82. The highest BCUT2D eigenvalue weighted by Crippen LogP contribution is 2.31. The van der Waals surface area contributed by atoms with Gasteiger partial charge in [-0.25, -0.2) is 15.0 Å². The molecular weight excluding hydrogens is 424 g/mol. The topological polar surface area (TPSA) is 67.8 Å². The van der Waals surface area contributed by atoms with E-state index in [-0.39, 0.29) is 11.2 Å². The van der Waals surface area contributed by atoms with Gasteiger partial charge < -0.3 is 5.32 Å². The van der Waals surface area contributed by atoms with Crippen LogP contribution in [0.25, 0.3) is 20.8 Å². The molecule has 5 nitrogen and oxygen atoms in total. The van der Waals surface area contributed by atoms with E-state index in [9.17, 15) is 4.79 Å². The minimum absolute atomic E-state index is 0.0431. The SMILES string of the molecule is CC[C@H](Sc1nc(C)cc(C)n1)C(=O)Nc1ccc(-c2nc3ccc(C)cc3s2)cc1. The average Bonchev–Trinajstić information content (AvgIpc) is 3.15. The van der Waals surface area contributed by atoms with E-state index in [1.807, 2.05) is 51.1 Å². The number of carbonyl (C=O) groups is 1. The van der Waals surface area contributed by atoms with E-state index in [2.05, 4.69) is 40.4 Å². The van der Waals surface area contributed by atoms with Gasteiger partial charge in [-0.15, -0.1) is 11.3 Å². The predicted octanol–water partition coefficient (Wildman–Crippen LogP) is 6.19. The van der Waals surface area contributed by atoms with Crippen LogP contribution in [-0.4, -0.2) is 26.1 Å². The normalized spacial score (nSPS) is 12.1. The number of rotatable bonds is 6. The predicted molar refractivity (Wildman–Crippen MR) is 130 cm³/mol. The summed E-state index contributed by atoms with van der Waals surface area (Å²) in [5.74, 6) is -0.0431. The molecule has 4 aromatic rings. The summed E-state index contributed by atoms with van der Waals surface area (Å²) >= 11 is 3.09. The lowest BCUT2D eigenvalue weighted by Crippen LogP contribution is -2.24. The van der Waals surface area contributed by atoms with E-state index >= 15 is 0 Å². The Hall–Kier alpha value is -2.77. The highest BCUT2D eigenvalue weighted by Gasteiger charge is 2.20. The molecule has 0 fully saturated rings. The number of benzene rings is 2. The number of thioether (sulfide) groups is 1. The van der Waals surface area contributed by atoms with Crippen LogP contribution >= 0.6 is 23.1 Å². The van der Waals surface area contributed by atoms with Gasteiger partial charge in [0, 0.05) is 22.6 Å². The van der Waals surface area contributed by atoms with Crippen molar-refractivity contribution in [3.63, 3.8) is 0 Å². The van der Waals surface area contributed by atoms with E-state index in [0.29, 0.717) is 11.6 Å². The molecule has 7 heteroatoms. The fourth-order valence-electron chi connectivity index (χ4n) is 3.27. The average molecular weight is 449 g/mol. The summed E-state index contributed by atoms with van der Waals surface area (Å²) in [6.07, 6.45) is 0.691. The summed E-state index contributed by atoms with van der Waals surface area (Å²) < 4.78 is 1.18. The van der Waals surface area contributed by atoms with Crippen LogP contribution in [-0.2, 0) is 4.79 Å². The molecule has 0 saturated carbocycles. The van der Waals surface area contributed by atoms with Crippen LogP contribution in [0.15, 0.2) is 53.7 Å². The molecule has 0 saturated heterocycles. The van der Waals surface area contributed by atoms with Crippen molar-refractivity contribution in [3.05, 3.63) is 65.5 Å². The largest absolute Gasteiger partial charge is 0.325 e. The van der Waals surface area contributed by atoms with Gasteiger partial charge in [0.25, 0.3) is 0 Å². The molecule has 4 rings (SSSR count). The number of hydrogen-bond donors (Lipinski definition) is 1. The number of fused-ring (bicyclic) bond motifs is 1. The van der Waals surface area contributed by atoms with Gasteiger partial charge in [0.2, 0.25) is 5.91 Å². The van der Waals surface area contributed by atoms with Gasteiger partial charge >= 0.3 is 0 Å². The Kier molecular flexibility index (Phi) is 6.34. The monoisotopic (exact) mass is 448 g/mol. The first-order valence-corrected chi connectivity index (χ1v) is 11.9. The molecule has 1 amide bonds. The van der Waals surface area contributed by atoms with Gasteiger partial charge in [-0.3, -0.25) is 4.79 Å². The Balaban J connectivity index is 1.46. The molecule has 0 spiro atoms. The Morgan fingerprint density at radius 2 is 1.71 bits per heavy atom. The van der Waals surface area contributed by atoms with E-state index < -0.39 is 0 Å². The van der Waals surface area contributed by atoms with Crippen LogP contribution in [0.4, 0.5) is 5.69 Å². The maximum Gasteiger partial charge on any atom is 0.237 e. The zero-order chi connectivity index (χ0) is 22.0. The fraction of sp³-hybridized carbons (Fsp3) is 0.250. The fourth-order valence-corrected chi connectivity index (χ4v) is 5.32. The lowest BCUT2D eigenvalue weighted by molar-refractivity contribution is -0.115. The van der Waals surface area contributed by atoms with Crippen LogP contribution in [0.1, 0.15) is 30.3 Å². The number of aryl methyl sites for hydroxylation is 3. The highest BCUT2D eigenvalue weighted by atomic mass is 32.2. The number of hydrogen-bond acceptors (Lipinski definition) is 6. The Morgan fingerprint density at radius 1 is 1.00 bits per heavy atom. The smallest absolute Gasteiger partial charge is 0.237 e. The van der Waals surface area contributed by atoms with Crippen molar-refractivity contribution in [1.82, 2.24) is 15.0 Å². The maximum absolute atomic E-state index is 12.8. The summed E-state index contributed by atoms with van der Waals surface area (Å²) in [6, 6.07) is 16.1. The molecule has 0 aliphatic carbocycles. The number of carbonyl (C=O) groups excluding carboxylic acids is 1. The maximum atomic E-state index is 12.8. The minimum Gasteiger partial charge on any atom is -0.325 e. The highest BCUT2D eigenvalue weighted by molar-refractivity contribution is 8.00. The van der Waals surface area contributed by atoms with Gasteiger partial charge in [0.05, 0.1) is 15.5 Å². The molecule has 2 aromatic carbocycles. The van der Waals surface area contributed by atoms with Crippen molar-refractivity contribution in [1.29, 1.82) is 0 Å². The van der Waals surface area contributed by atoms with Crippen LogP contribution in [0.2, 0.25) is 0 Å². The molecule has 31 heavy (non-hydrogen) atoms. The molecule has 2 heterocycles. The third kappa shape index (κ3) is 5.11. The van der Waals surface area contributed by atoms with Crippen LogP contribution in [0.5, 0.6) is 0 Å². The first-order valence-electron chi connectivity index (χ1n) is 10.2. The van der Waals surface area contributed by atoms with Crippen LogP contribution in [0.3, 0.4) is 0 Å². The minimum atomic E-state index is -0.256. The number of anilines is 1. The molecule has 1 atom stereocenters. The van der Waals surface area contributed by atoms with Crippen molar-refractivity contribution in [3.8, 4) is 10.6 Å². The molecule has 1 N–H and O–H groups in total. The molecular formula is C24H24N4OS2. The van der Waals surface area contributed by atoms with Gasteiger partial charge in [-0.05, 0) is 75.2 Å². The Bertz CT molecular complexity index is 1210. The summed E-state index contributed by atoms with van der Waals surface area (Å²) in [5.41, 5.74) is 5.87. The molecule has 0 radical (unpaired) electrons. The quantitative estimate of drug-likeness (QED) is 0.281. The van der Waals surface area contributed by atoms with Crippen molar-refractivity contribution in [2.45, 2.75) is 44.5 Å². The lowest BCUT2D eigenvalue weighted by Gasteiger charge is -2.14. The van der Waals surface area contributed by atoms with E-state index in [4.69, 9.17) is 4.98 Å². The summed E-state index contributed by atoms with van der Waals surface area (Å²) in [4.78, 5) is 26.4. The molecule has 2 aromatic heterocycles. The van der Waals surface area contributed by atoms with Crippen molar-refractivity contribution < 1.29 is 4.79 Å². The van der Waals surface area contributed by atoms with Crippen molar-refractivity contribution in [2.24, 2.45) is 0 Å². The second-order valence-corrected chi connectivity index (χ2v) is 9.71. The standard InChI is InChI=1S/C24H24N4OS2/c1-5-20(31-24-25-15(3)13-16(4)26-24)22(29)27-18-9-7-17(8-10-18)23-28-19-11-6-14(2)12-21(19)30-23/h6-13,20H,5H2,1-4H3,(H,27,29)/t20-/m0/s1. The molecule has 0 aliphatic rings. The number of aromatic nitrogens is 3. The first kappa shape index (κ1) is 21.5. The number of amides is 1. The zero-order valence-electron chi connectivity index (χ0n) is 18.0. The number of nitrogens with zero attached hydrogens (tertiary/aromatic N) is 3. The summed E-state index contributed by atoms with van der Waals surface area (Å²) in [6.45, 7) is 7.96. The van der Waals surface area contributed by atoms with Crippen molar-refractivity contribution in [2.75, 3.05) is 5.32 Å². The Labute approximate surface area is 190 Å². The zero-order valence-corrected chi connectivity index (χ0v) is 19.6. The second kappa shape index (κ2) is 9.16. The second-order valence-electron chi connectivity index (χ2n) is 7.50. The summed E-state index contributed by atoms with van der Waals surface area (Å²) in [7, 11) is 0.